The molecule has 2 fully saturated rings. The van der Waals surface area contributed by atoms with Crippen molar-refractivity contribution in [2.24, 2.45) is 0 Å². The van der Waals surface area contributed by atoms with E-state index < -0.39 is 0 Å². The number of pyridine rings is 1. The molecule has 0 N–H and O–H groups in total. The van der Waals surface area contributed by atoms with Crippen LogP contribution < -0.4 is 10.5 Å². The summed E-state index contributed by atoms with van der Waals surface area (Å²) in [5.41, 5.74) is 2.13. The highest BCUT2D eigenvalue weighted by Gasteiger charge is 2.31. The van der Waals surface area contributed by atoms with Gasteiger partial charge in [-0.2, -0.15) is 0 Å². The Labute approximate surface area is 180 Å². The largest absolute Gasteiger partial charge is 0.368 e. The zero-order valence-corrected chi connectivity index (χ0v) is 17.3. The van der Waals surface area contributed by atoms with Crippen molar-refractivity contribution >= 4 is 22.9 Å². The number of nitrogens with zero attached hydrogens (tertiary/aromatic N) is 5. The summed E-state index contributed by atoms with van der Waals surface area (Å²) >= 11 is 0. The third-order valence-corrected chi connectivity index (χ3v) is 5.96. The quantitative estimate of drug-likeness (QED) is 0.640. The maximum atomic E-state index is 13.4. The van der Waals surface area contributed by atoms with Crippen LogP contribution in [0.15, 0.2) is 53.5 Å². The predicted octanol–water partition coefficient (Wildman–Crippen LogP) is 1.67. The molecule has 3 aromatic rings. The molecule has 8 heteroatoms. The van der Waals surface area contributed by atoms with Crippen LogP contribution in [0.5, 0.6) is 0 Å². The van der Waals surface area contributed by atoms with Crippen LogP contribution in [-0.2, 0) is 16.1 Å². The van der Waals surface area contributed by atoms with Gasteiger partial charge in [0.15, 0.2) is 11.5 Å². The van der Waals surface area contributed by atoms with Gasteiger partial charge in [0, 0.05) is 39.0 Å². The lowest BCUT2D eigenvalue weighted by atomic mass is 10.2. The van der Waals surface area contributed by atoms with Crippen LogP contribution in [0.25, 0.3) is 11.2 Å². The molecule has 4 heterocycles. The standard InChI is InChI=1S/C23H25N5O3/c29-22(19-9-5-15-31-19)27-13-11-26(12-14-27)21-23(30)28(16-17-6-2-1-3-7-17)20-18(25-21)8-4-10-24-20/h1-4,6-8,10,19H,5,9,11-16H2. The molecular weight excluding hydrogens is 394 g/mol. The molecule has 0 radical (unpaired) electrons. The maximum absolute atomic E-state index is 13.4. The number of hydrogen-bond acceptors (Lipinski definition) is 6. The first-order valence-corrected chi connectivity index (χ1v) is 10.8. The Morgan fingerprint density at radius 1 is 1.06 bits per heavy atom. The molecule has 2 aromatic heterocycles. The second kappa shape index (κ2) is 8.47. The first-order valence-electron chi connectivity index (χ1n) is 10.8. The van der Waals surface area contributed by atoms with E-state index in [1.807, 2.05) is 52.3 Å². The number of carbonyl (C=O) groups is 1. The fraction of sp³-hybridized carbons (Fsp3) is 0.391. The Kier molecular flexibility index (Phi) is 5.38. The minimum atomic E-state index is -0.306. The van der Waals surface area contributed by atoms with Gasteiger partial charge >= 0.3 is 0 Å². The number of piperazine rings is 1. The predicted molar refractivity (Wildman–Crippen MR) is 117 cm³/mol. The molecule has 0 aliphatic carbocycles. The molecule has 1 unspecified atom stereocenters. The molecule has 2 saturated heterocycles. The number of ether oxygens (including phenoxy) is 1. The van der Waals surface area contributed by atoms with E-state index in [0.717, 1.165) is 18.4 Å². The minimum absolute atomic E-state index is 0.0642. The van der Waals surface area contributed by atoms with Gasteiger partial charge in [0.2, 0.25) is 0 Å². The number of hydrogen-bond donors (Lipinski definition) is 0. The van der Waals surface area contributed by atoms with E-state index >= 15 is 0 Å². The number of benzene rings is 1. The molecule has 2 aliphatic heterocycles. The fourth-order valence-corrected chi connectivity index (χ4v) is 4.30. The van der Waals surface area contributed by atoms with Crippen LogP contribution in [0.3, 0.4) is 0 Å². The zero-order chi connectivity index (χ0) is 21.2. The van der Waals surface area contributed by atoms with Crippen molar-refractivity contribution in [1.82, 2.24) is 19.4 Å². The summed E-state index contributed by atoms with van der Waals surface area (Å²) in [5.74, 6) is 0.481. The average Bonchev–Trinajstić information content (AvgIpc) is 3.36. The maximum Gasteiger partial charge on any atom is 0.295 e. The van der Waals surface area contributed by atoms with Gasteiger partial charge in [0.25, 0.3) is 11.5 Å². The normalized spacial score (nSPS) is 19.2. The van der Waals surface area contributed by atoms with Gasteiger partial charge in [-0.05, 0) is 30.5 Å². The number of aromatic nitrogens is 3. The van der Waals surface area contributed by atoms with E-state index in [0.29, 0.717) is 56.3 Å². The molecule has 2 aliphatic rings. The molecule has 8 nitrogen and oxygen atoms in total. The van der Waals surface area contributed by atoms with Crippen molar-refractivity contribution in [1.29, 1.82) is 0 Å². The van der Waals surface area contributed by atoms with Gasteiger partial charge in [0.05, 0.1) is 6.54 Å². The highest BCUT2D eigenvalue weighted by molar-refractivity contribution is 5.81. The minimum Gasteiger partial charge on any atom is -0.368 e. The summed E-state index contributed by atoms with van der Waals surface area (Å²) in [5, 5.41) is 0. The van der Waals surface area contributed by atoms with Gasteiger partial charge in [-0.25, -0.2) is 9.97 Å². The lowest BCUT2D eigenvalue weighted by molar-refractivity contribution is -0.141. The van der Waals surface area contributed by atoms with Crippen LogP contribution in [-0.4, -0.2) is 64.2 Å². The number of carbonyl (C=O) groups excluding carboxylic acids is 1. The Morgan fingerprint density at radius 3 is 2.61 bits per heavy atom. The first kappa shape index (κ1) is 19.7. The fourth-order valence-electron chi connectivity index (χ4n) is 4.30. The molecule has 160 valence electrons. The van der Waals surface area contributed by atoms with Crippen molar-refractivity contribution in [3.05, 3.63) is 64.6 Å². The summed E-state index contributed by atoms with van der Waals surface area (Å²) in [6, 6.07) is 13.6. The summed E-state index contributed by atoms with van der Waals surface area (Å²) < 4.78 is 7.23. The molecule has 1 amide bonds. The highest BCUT2D eigenvalue weighted by atomic mass is 16.5. The van der Waals surface area contributed by atoms with Crippen LogP contribution in [0.1, 0.15) is 18.4 Å². The smallest absolute Gasteiger partial charge is 0.295 e. The van der Waals surface area contributed by atoms with Gasteiger partial charge < -0.3 is 14.5 Å². The highest BCUT2D eigenvalue weighted by Crippen LogP contribution is 2.19. The summed E-state index contributed by atoms with van der Waals surface area (Å²) in [6.45, 7) is 3.34. The summed E-state index contributed by atoms with van der Waals surface area (Å²) in [7, 11) is 0. The van der Waals surface area contributed by atoms with Gasteiger partial charge in [-0.1, -0.05) is 30.3 Å². The lowest BCUT2D eigenvalue weighted by Gasteiger charge is -2.36. The third kappa shape index (κ3) is 3.90. The second-order valence-electron chi connectivity index (χ2n) is 7.97. The molecule has 31 heavy (non-hydrogen) atoms. The number of amides is 1. The number of rotatable bonds is 4. The van der Waals surface area contributed by atoms with Crippen molar-refractivity contribution in [3.63, 3.8) is 0 Å². The molecule has 1 aromatic carbocycles. The van der Waals surface area contributed by atoms with E-state index in [-0.39, 0.29) is 17.6 Å². The monoisotopic (exact) mass is 419 g/mol. The van der Waals surface area contributed by atoms with Crippen LogP contribution in [0, 0.1) is 0 Å². The molecular formula is C23H25N5O3. The molecule has 0 saturated carbocycles. The van der Waals surface area contributed by atoms with Crippen molar-refractivity contribution in [2.45, 2.75) is 25.5 Å². The van der Waals surface area contributed by atoms with Crippen molar-refractivity contribution < 1.29 is 9.53 Å². The molecule has 5 rings (SSSR count). The van der Waals surface area contributed by atoms with Crippen LogP contribution in [0.4, 0.5) is 5.82 Å². The molecule has 1 atom stereocenters. The van der Waals surface area contributed by atoms with Crippen molar-refractivity contribution in [3.8, 4) is 0 Å². The van der Waals surface area contributed by atoms with Gasteiger partial charge in [0.1, 0.15) is 11.6 Å². The van der Waals surface area contributed by atoms with E-state index in [9.17, 15) is 9.59 Å². The average molecular weight is 419 g/mol. The molecule has 0 spiro atoms. The van der Waals surface area contributed by atoms with Crippen LogP contribution in [0.2, 0.25) is 0 Å². The van der Waals surface area contributed by atoms with Crippen molar-refractivity contribution in [2.75, 3.05) is 37.7 Å². The molecule has 0 bridgehead atoms. The Balaban J connectivity index is 1.42. The van der Waals surface area contributed by atoms with E-state index in [1.54, 1.807) is 10.8 Å². The first-order chi connectivity index (χ1) is 15.2. The van der Waals surface area contributed by atoms with Gasteiger partial charge in [-0.3, -0.25) is 14.2 Å². The Bertz CT molecular complexity index is 1130. The zero-order valence-electron chi connectivity index (χ0n) is 17.3. The SMILES string of the molecule is O=C(C1CCCO1)N1CCN(c2nc3cccnc3n(Cc3ccccc3)c2=O)CC1. The Morgan fingerprint density at radius 2 is 1.87 bits per heavy atom. The topological polar surface area (TPSA) is 80.6 Å². The second-order valence-corrected chi connectivity index (χ2v) is 7.97. The summed E-state index contributed by atoms with van der Waals surface area (Å²) in [4.78, 5) is 39.0. The summed E-state index contributed by atoms with van der Waals surface area (Å²) in [6.07, 6.45) is 3.11. The van der Waals surface area contributed by atoms with E-state index in [4.69, 9.17) is 4.74 Å². The van der Waals surface area contributed by atoms with E-state index in [1.165, 1.54) is 0 Å². The lowest BCUT2D eigenvalue weighted by Crippen LogP contribution is -2.52. The van der Waals surface area contributed by atoms with Crippen LogP contribution >= 0.6 is 0 Å². The number of anilines is 1. The number of fused-ring (bicyclic) bond motifs is 1. The Hall–Kier alpha value is -3.26. The van der Waals surface area contributed by atoms with Gasteiger partial charge in [-0.15, -0.1) is 0 Å². The third-order valence-electron chi connectivity index (χ3n) is 5.96. The van der Waals surface area contributed by atoms with E-state index in [2.05, 4.69) is 9.97 Å².